The lowest BCUT2D eigenvalue weighted by Gasteiger charge is -2.06. The molecule has 0 saturated heterocycles. The first kappa shape index (κ1) is 18.1. The van der Waals surface area contributed by atoms with E-state index in [1.54, 1.807) is 0 Å². The quantitative estimate of drug-likeness (QED) is 0.844. The molecule has 0 aliphatic heterocycles. The van der Waals surface area contributed by atoms with Gasteiger partial charge in [0.15, 0.2) is 0 Å². The Balaban J connectivity index is 0. The predicted octanol–water partition coefficient (Wildman–Crippen LogP) is 4.05. The molecular formula is C15H27NO. The minimum Gasteiger partial charge on any atom is -0.352 e. The van der Waals surface area contributed by atoms with E-state index in [1.165, 1.54) is 0 Å². The fourth-order valence-electron chi connectivity index (χ4n) is 1.31. The van der Waals surface area contributed by atoms with Crippen LogP contribution in [0.4, 0.5) is 0 Å². The van der Waals surface area contributed by atoms with Crippen LogP contribution in [0.25, 0.3) is 0 Å². The van der Waals surface area contributed by atoms with Crippen molar-refractivity contribution < 1.29 is 4.79 Å². The summed E-state index contributed by atoms with van der Waals surface area (Å²) in [6.45, 7) is 12.7. The van der Waals surface area contributed by atoms with Crippen LogP contribution >= 0.6 is 0 Å². The molecule has 0 spiro atoms. The number of aryl methyl sites for hydroxylation is 1. The van der Waals surface area contributed by atoms with E-state index in [0.717, 1.165) is 17.5 Å². The van der Waals surface area contributed by atoms with Crippen LogP contribution in [-0.2, 0) is 6.42 Å². The second-order valence-corrected chi connectivity index (χ2v) is 2.87. The van der Waals surface area contributed by atoms with Gasteiger partial charge < -0.3 is 5.32 Å². The minimum absolute atomic E-state index is 0.0277. The molecule has 1 rings (SSSR count). The van der Waals surface area contributed by atoms with E-state index < -0.39 is 0 Å². The van der Waals surface area contributed by atoms with Crippen LogP contribution in [0.5, 0.6) is 0 Å². The number of hydrogen-bond donors (Lipinski definition) is 1. The van der Waals surface area contributed by atoms with Gasteiger partial charge in [0, 0.05) is 12.1 Å². The van der Waals surface area contributed by atoms with Gasteiger partial charge in [0.05, 0.1) is 0 Å². The molecule has 0 saturated carbocycles. The summed E-state index contributed by atoms with van der Waals surface area (Å²) in [6, 6.07) is 7.71. The first-order valence-electron chi connectivity index (χ1n) is 6.65. The molecule has 0 heterocycles. The molecule has 0 aromatic heterocycles. The molecule has 0 fully saturated rings. The monoisotopic (exact) mass is 237 g/mol. The summed E-state index contributed by atoms with van der Waals surface area (Å²) in [5.74, 6) is 0.0277. The minimum atomic E-state index is 0.0277. The molecule has 0 aliphatic carbocycles. The molecule has 2 heteroatoms. The van der Waals surface area contributed by atoms with Crippen LogP contribution in [0.3, 0.4) is 0 Å². The van der Waals surface area contributed by atoms with E-state index in [-0.39, 0.29) is 5.91 Å². The third-order valence-electron chi connectivity index (χ3n) is 1.98. The van der Waals surface area contributed by atoms with Crippen LogP contribution in [0.15, 0.2) is 24.3 Å². The summed E-state index contributed by atoms with van der Waals surface area (Å²) in [6.07, 6.45) is 0.896. The molecule has 98 valence electrons. The zero-order valence-corrected chi connectivity index (χ0v) is 12.1. The number of benzene rings is 1. The zero-order valence-electron chi connectivity index (χ0n) is 12.1. The topological polar surface area (TPSA) is 29.1 Å². The predicted molar refractivity (Wildman–Crippen MR) is 76.5 cm³/mol. The van der Waals surface area contributed by atoms with Crippen molar-refractivity contribution in [3.63, 3.8) is 0 Å². The van der Waals surface area contributed by atoms with Gasteiger partial charge in [-0.25, -0.2) is 0 Å². The molecule has 0 radical (unpaired) electrons. The van der Waals surface area contributed by atoms with E-state index in [9.17, 15) is 4.79 Å². The van der Waals surface area contributed by atoms with Gasteiger partial charge in [0.1, 0.15) is 0 Å². The maximum absolute atomic E-state index is 11.5. The van der Waals surface area contributed by atoms with Crippen LogP contribution in [-0.4, -0.2) is 12.5 Å². The fraction of sp³-hybridized carbons (Fsp3) is 0.533. The highest BCUT2D eigenvalue weighted by atomic mass is 16.1. The molecule has 0 atom stereocenters. The van der Waals surface area contributed by atoms with Crippen molar-refractivity contribution in [2.75, 3.05) is 6.54 Å². The first-order valence-corrected chi connectivity index (χ1v) is 6.65. The maximum Gasteiger partial charge on any atom is 0.251 e. The SMILES string of the molecule is CC.CC.CCNC(=O)c1ccccc1CC. The fourth-order valence-corrected chi connectivity index (χ4v) is 1.31. The van der Waals surface area contributed by atoms with Crippen molar-refractivity contribution in [3.05, 3.63) is 35.4 Å². The van der Waals surface area contributed by atoms with Crippen LogP contribution in [0, 0.1) is 0 Å². The van der Waals surface area contributed by atoms with E-state index in [0.29, 0.717) is 6.54 Å². The summed E-state index contributed by atoms with van der Waals surface area (Å²) in [7, 11) is 0. The van der Waals surface area contributed by atoms with Gasteiger partial charge in [-0.1, -0.05) is 52.8 Å². The first-order chi connectivity index (χ1) is 8.29. The third kappa shape index (κ3) is 6.77. The molecule has 0 bridgehead atoms. The van der Waals surface area contributed by atoms with Crippen molar-refractivity contribution in [3.8, 4) is 0 Å². The number of nitrogens with one attached hydrogen (secondary N) is 1. The average Bonchev–Trinajstić information content (AvgIpc) is 2.43. The van der Waals surface area contributed by atoms with Crippen LogP contribution < -0.4 is 5.32 Å². The molecule has 2 nitrogen and oxygen atoms in total. The average molecular weight is 237 g/mol. The summed E-state index contributed by atoms with van der Waals surface area (Å²) in [5.41, 5.74) is 1.90. The highest BCUT2D eigenvalue weighted by molar-refractivity contribution is 5.95. The molecule has 17 heavy (non-hydrogen) atoms. The molecule has 0 unspecified atom stereocenters. The molecule has 0 aliphatic rings. The number of amides is 1. The van der Waals surface area contributed by atoms with Gasteiger partial charge in [-0.3, -0.25) is 4.79 Å². The Morgan fingerprint density at radius 2 is 1.59 bits per heavy atom. The largest absolute Gasteiger partial charge is 0.352 e. The Morgan fingerprint density at radius 1 is 1.06 bits per heavy atom. The lowest BCUT2D eigenvalue weighted by Crippen LogP contribution is -2.23. The van der Waals surface area contributed by atoms with Gasteiger partial charge in [0.25, 0.3) is 5.91 Å². The smallest absolute Gasteiger partial charge is 0.251 e. The Kier molecular flexibility index (Phi) is 13.6. The van der Waals surface area contributed by atoms with Crippen molar-refractivity contribution in [2.24, 2.45) is 0 Å². The number of hydrogen-bond acceptors (Lipinski definition) is 1. The Hall–Kier alpha value is -1.31. The van der Waals surface area contributed by atoms with Gasteiger partial charge in [-0.2, -0.15) is 0 Å². The third-order valence-corrected chi connectivity index (χ3v) is 1.98. The Bertz CT molecular complexity index is 295. The lowest BCUT2D eigenvalue weighted by atomic mass is 10.1. The standard InChI is InChI=1S/C11H15NO.2C2H6/c1-3-9-7-5-6-8-10(9)11(13)12-4-2;2*1-2/h5-8H,3-4H2,1-2H3,(H,12,13);2*1-2H3. The molecule has 1 N–H and O–H groups in total. The molecule has 1 aromatic rings. The molecular weight excluding hydrogens is 210 g/mol. The molecule has 1 amide bonds. The van der Waals surface area contributed by atoms with Crippen LogP contribution in [0.1, 0.15) is 57.5 Å². The highest BCUT2D eigenvalue weighted by Gasteiger charge is 2.07. The second kappa shape index (κ2) is 12.8. The van der Waals surface area contributed by atoms with Gasteiger partial charge in [0.2, 0.25) is 0 Å². The highest BCUT2D eigenvalue weighted by Crippen LogP contribution is 2.08. The van der Waals surface area contributed by atoms with Crippen molar-refractivity contribution >= 4 is 5.91 Å². The number of rotatable bonds is 3. The Morgan fingerprint density at radius 3 is 2.06 bits per heavy atom. The van der Waals surface area contributed by atoms with Crippen molar-refractivity contribution in [1.82, 2.24) is 5.32 Å². The lowest BCUT2D eigenvalue weighted by molar-refractivity contribution is 0.0955. The van der Waals surface area contributed by atoms with E-state index >= 15 is 0 Å². The zero-order chi connectivity index (χ0) is 13.7. The summed E-state index contributed by atoms with van der Waals surface area (Å²) < 4.78 is 0. The van der Waals surface area contributed by atoms with E-state index in [4.69, 9.17) is 0 Å². The maximum atomic E-state index is 11.5. The summed E-state index contributed by atoms with van der Waals surface area (Å²) in [5, 5.41) is 2.80. The molecule has 1 aromatic carbocycles. The van der Waals surface area contributed by atoms with E-state index in [1.807, 2.05) is 58.9 Å². The van der Waals surface area contributed by atoms with Gasteiger partial charge >= 0.3 is 0 Å². The normalized spacial score (nSPS) is 8.12. The second-order valence-electron chi connectivity index (χ2n) is 2.87. The van der Waals surface area contributed by atoms with E-state index in [2.05, 4.69) is 12.2 Å². The van der Waals surface area contributed by atoms with Gasteiger partial charge in [-0.15, -0.1) is 0 Å². The van der Waals surface area contributed by atoms with Crippen LogP contribution in [0.2, 0.25) is 0 Å². The Labute approximate surface area is 106 Å². The summed E-state index contributed by atoms with van der Waals surface area (Å²) >= 11 is 0. The summed E-state index contributed by atoms with van der Waals surface area (Å²) in [4.78, 5) is 11.5. The van der Waals surface area contributed by atoms with Crippen molar-refractivity contribution in [1.29, 1.82) is 0 Å². The number of carbonyl (C=O) groups excluding carboxylic acids is 1. The number of carbonyl (C=O) groups is 1. The van der Waals surface area contributed by atoms with Gasteiger partial charge in [-0.05, 0) is 25.0 Å². The van der Waals surface area contributed by atoms with Crippen molar-refractivity contribution in [2.45, 2.75) is 48.0 Å².